The van der Waals surface area contributed by atoms with E-state index in [9.17, 15) is 5.11 Å². The molecule has 0 aromatic carbocycles. The molecule has 0 radical (unpaired) electrons. The molecule has 8 nitrogen and oxygen atoms in total. The Bertz CT molecular complexity index is 616. The van der Waals surface area contributed by atoms with E-state index >= 15 is 0 Å². The van der Waals surface area contributed by atoms with Crippen LogP contribution in [0.1, 0.15) is 18.9 Å². The molecular formula is C13H20N6O2. The summed E-state index contributed by atoms with van der Waals surface area (Å²) in [6.45, 7) is 2.38. The number of nitrogens with two attached hydrogens (primary N) is 1. The average Bonchev–Trinajstić information content (AvgIpc) is 2.82. The Morgan fingerprint density at radius 3 is 2.86 bits per heavy atom. The number of hydrogen-bond acceptors (Lipinski definition) is 7. The molecule has 2 aromatic heterocycles. The number of hydrogen-bond donors (Lipinski definition) is 3. The van der Waals surface area contributed by atoms with Crippen molar-refractivity contribution in [3.63, 3.8) is 0 Å². The molecule has 0 unspecified atom stereocenters. The van der Waals surface area contributed by atoms with Gasteiger partial charge in [0.15, 0.2) is 11.5 Å². The summed E-state index contributed by atoms with van der Waals surface area (Å²) in [6.07, 6.45) is 4.05. The summed E-state index contributed by atoms with van der Waals surface area (Å²) in [5.74, 6) is 0.351. The molecule has 4 N–H and O–H groups in total. The van der Waals surface area contributed by atoms with Gasteiger partial charge in [0.25, 0.3) is 0 Å². The summed E-state index contributed by atoms with van der Waals surface area (Å²) >= 11 is 0. The molecule has 8 heteroatoms. The van der Waals surface area contributed by atoms with E-state index in [-0.39, 0.29) is 12.6 Å². The molecule has 3 rings (SSSR count). The highest BCUT2D eigenvalue weighted by Gasteiger charge is 2.27. The Morgan fingerprint density at radius 2 is 2.05 bits per heavy atom. The van der Waals surface area contributed by atoms with Gasteiger partial charge in [-0.2, -0.15) is 0 Å². The summed E-state index contributed by atoms with van der Waals surface area (Å²) in [7, 11) is 0. The predicted octanol–water partition coefficient (Wildman–Crippen LogP) is -0.601. The summed E-state index contributed by atoms with van der Waals surface area (Å²) in [6, 6.07) is -0.0898. The van der Waals surface area contributed by atoms with Crippen LogP contribution >= 0.6 is 0 Å². The van der Waals surface area contributed by atoms with Gasteiger partial charge in [0.1, 0.15) is 11.8 Å². The van der Waals surface area contributed by atoms with E-state index in [4.69, 9.17) is 10.8 Å². The van der Waals surface area contributed by atoms with Gasteiger partial charge >= 0.3 is 0 Å². The molecule has 0 spiro atoms. The zero-order chi connectivity index (χ0) is 14.8. The van der Waals surface area contributed by atoms with Gasteiger partial charge < -0.3 is 25.4 Å². The minimum absolute atomic E-state index is 0.0898. The lowest BCUT2D eigenvalue weighted by molar-refractivity contribution is 0.109. The third kappa shape index (κ3) is 2.69. The molecule has 0 amide bonds. The maximum atomic E-state index is 10.4. The highest BCUT2D eigenvalue weighted by molar-refractivity contribution is 5.81. The van der Waals surface area contributed by atoms with E-state index in [1.54, 1.807) is 6.33 Å². The van der Waals surface area contributed by atoms with Gasteiger partial charge in [0.2, 0.25) is 0 Å². The lowest BCUT2D eigenvalue weighted by Gasteiger charge is -2.21. The Hall–Kier alpha value is -1.77. The van der Waals surface area contributed by atoms with Crippen molar-refractivity contribution in [3.8, 4) is 0 Å². The smallest absolute Gasteiger partial charge is 0.165 e. The summed E-state index contributed by atoms with van der Waals surface area (Å²) in [5.41, 5.74) is 7.03. The zero-order valence-corrected chi connectivity index (χ0v) is 11.8. The van der Waals surface area contributed by atoms with Crippen molar-refractivity contribution in [3.05, 3.63) is 12.7 Å². The van der Waals surface area contributed by atoms with Crippen molar-refractivity contribution < 1.29 is 10.2 Å². The number of likely N-dealkylation sites (tertiary alicyclic amines) is 1. The lowest BCUT2D eigenvalue weighted by Crippen LogP contribution is -2.28. The normalized spacial score (nSPS) is 24.3. The highest BCUT2D eigenvalue weighted by atomic mass is 16.3. The Kier molecular flexibility index (Phi) is 4.00. The van der Waals surface area contributed by atoms with Crippen LogP contribution in [-0.4, -0.2) is 67.0 Å². The minimum atomic E-state index is -0.470. The number of fused-ring (bicyclic) bond motifs is 1. The van der Waals surface area contributed by atoms with Gasteiger partial charge in [-0.15, -0.1) is 0 Å². The predicted molar refractivity (Wildman–Crippen MR) is 77.5 cm³/mol. The molecule has 114 valence electrons. The second-order valence-corrected chi connectivity index (χ2v) is 5.36. The van der Waals surface area contributed by atoms with Gasteiger partial charge in [0.05, 0.1) is 25.1 Å². The van der Waals surface area contributed by atoms with E-state index in [1.807, 2.05) is 4.57 Å². The third-order valence-electron chi connectivity index (χ3n) is 4.09. The first kappa shape index (κ1) is 14.2. The fraction of sp³-hybridized carbons (Fsp3) is 0.615. The van der Waals surface area contributed by atoms with Crippen LogP contribution in [0.25, 0.3) is 11.2 Å². The molecule has 21 heavy (non-hydrogen) atoms. The standard InChI is InChI=1S/C13H20N6O2/c14-12-11-13(16-7-15-12)19(8-17-11)9-1-3-18(5-6-20)4-2-10(9)21/h7-10,20-21H,1-6H2,(H2,14,15,16)/t9-,10-/m0/s1. The van der Waals surface area contributed by atoms with E-state index in [0.29, 0.717) is 29.9 Å². The fourth-order valence-electron chi connectivity index (χ4n) is 2.93. The van der Waals surface area contributed by atoms with Gasteiger partial charge in [0, 0.05) is 19.6 Å². The zero-order valence-electron chi connectivity index (χ0n) is 11.8. The van der Waals surface area contributed by atoms with Crippen LogP contribution in [0.2, 0.25) is 0 Å². The number of aliphatic hydroxyl groups is 2. The number of imidazole rings is 1. The Balaban J connectivity index is 1.89. The molecule has 2 atom stereocenters. The van der Waals surface area contributed by atoms with Crippen LogP contribution < -0.4 is 5.73 Å². The average molecular weight is 292 g/mol. The van der Waals surface area contributed by atoms with Crippen LogP contribution in [0.3, 0.4) is 0 Å². The molecule has 1 fully saturated rings. The first-order valence-electron chi connectivity index (χ1n) is 7.15. The van der Waals surface area contributed by atoms with Crippen LogP contribution in [0.15, 0.2) is 12.7 Å². The SMILES string of the molecule is Nc1ncnc2c1ncn2[C@H]1CCN(CCO)CC[C@@H]1O. The van der Waals surface area contributed by atoms with Crippen molar-refractivity contribution in [2.75, 3.05) is 32.0 Å². The number of nitrogens with zero attached hydrogens (tertiary/aromatic N) is 5. The van der Waals surface area contributed by atoms with Gasteiger partial charge in [-0.25, -0.2) is 15.0 Å². The molecule has 3 heterocycles. The van der Waals surface area contributed by atoms with Crippen molar-refractivity contribution in [1.82, 2.24) is 24.4 Å². The topological polar surface area (TPSA) is 113 Å². The van der Waals surface area contributed by atoms with Crippen molar-refractivity contribution in [2.45, 2.75) is 25.0 Å². The van der Waals surface area contributed by atoms with Crippen molar-refractivity contribution >= 4 is 17.0 Å². The minimum Gasteiger partial charge on any atom is -0.395 e. The molecule has 1 aliphatic rings. The van der Waals surface area contributed by atoms with Crippen LogP contribution in [0.5, 0.6) is 0 Å². The van der Waals surface area contributed by atoms with E-state index < -0.39 is 6.10 Å². The Labute approximate surface area is 122 Å². The van der Waals surface area contributed by atoms with Gasteiger partial charge in [-0.05, 0) is 12.8 Å². The number of anilines is 1. The summed E-state index contributed by atoms with van der Waals surface area (Å²) in [5, 5.41) is 19.5. The molecule has 2 aromatic rings. The first-order valence-corrected chi connectivity index (χ1v) is 7.15. The van der Waals surface area contributed by atoms with Gasteiger partial charge in [-0.3, -0.25) is 0 Å². The van der Waals surface area contributed by atoms with E-state index in [0.717, 1.165) is 19.5 Å². The number of rotatable bonds is 3. The molecule has 0 aliphatic carbocycles. The molecule has 0 bridgehead atoms. The van der Waals surface area contributed by atoms with Crippen LogP contribution in [0, 0.1) is 0 Å². The maximum Gasteiger partial charge on any atom is 0.165 e. The number of nitrogen functional groups attached to an aromatic ring is 1. The second kappa shape index (κ2) is 5.92. The third-order valence-corrected chi connectivity index (χ3v) is 4.09. The van der Waals surface area contributed by atoms with Crippen molar-refractivity contribution in [1.29, 1.82) is 0 Å². The largest absolute Gasteiger partial charge is 0.395 e. The molecule has 0 saturated carbocycles. The first-order chi connectivity index (χ1) is 10.2. The van der Waals surface area contributed by atoms with Crippen LogP contribution in [0.4, 0.5) is 5.82 Å². The number of aromatic nitrogens is 4. The number of aliphatic hydroxyl groups excluding tert-OH is 2. The molecule has 1 aliphatic heterocycles. The molecule has 1 saturated heterocycles. The van der Waals surface area contributed by atoms with Gasteiger partial charge in [-0.1, -0.05) is 0 Å². The fourth-order valence-corrected chi connectivity index (χ4v) is 2.93. The maximum absolute atomic E-state index is 10.4. The quantitative estimate of drug-likeness (QED) is 0.692. The number of β-amino-alcohol motifs (C(OH)–C–C–N with tert-alkyl or cyclic N) is 1. The van der Waals surface area contributed by atoms with E-state index in [2.05, 4.69) is 19.9 Å². The van der Waals surface area contributed by atoms with Crippen LogP contribution in [-0.2, 0) is 0 Å². The second-order valence-electron chi connectivity index (χ2n) is 5.36. The molecular weight excluding hydrogens is 272 g/mol. The summed E-state index contributed by atoms with van der Waals surface area (Å²) < 4.78 is 1.89. The van der Waals surface area contributed by atoms with Crippen molar-refractivity contribution in [2.24, 2.45) is 0 Å². The highest BCUT2D eigenvalue weighted by Crippen LogP contribution is 2.27. The monoisotopic (exact) mass is 292 g/mol. The van der Waals surface area contributed by atoms with E-state index in [1.165, 1.54) is 6.33 Å². The Morgan fingerprint density at radius 1 is 1.24 bits per heavy atom. The lowest BCUT2D eigenvalue weighted by atomic mass is 10.1. The summed E-state index contributed by atoms with van der Waals surface area (Å²) in [4.78, 5) is 14.6.